The molecule has 0 saturated heterocycles. The van der Waals surface area contributed by atoms with Crippen LogP contribution >= 0.6 is 0 Å². The van der Waals surface area contributed by atoms with Crippen molar-refractivity contribution >= 4 is 11.6 Å². The van der Waals surface area contributed by atoms with Gasteiger partial charge in [-0.15, -0.1) is 0 Å². The summed E-state index contributed by atoms with van der Waals surface area (Å²) in [5, 5.41) is 3.55. The van der Waals surface area contributed by atoms with Crippen molar-refractivity contribution in [3.8, 4) is 0 Å². The second-order valence-electron chi connectivity index (χ2n) is 6.11. The van der Waals surface area contributed by atoms with E-state index in [1.165, 1.54) is 24.8 Å². The number of carbonyl (C=O) groups is 1. The van der Waals surface area contributed by atoms with Crippen LogP contribution in [-0.4, -0.2) is 19.5 Å². The number of anilines is 1. The molecule has 1 aliphatic heterocycles. The van der Waals surface area contributed by atoms with E-state index in [1.54, 1.807) is 4.90 Å². The van der Waals surface area contributed by atoms with E-state index in [-0.39, 0.29) is 11.9 Å². The fourth-order valence-corrected chi connectivity index (χ4v) is 2.78. The highest BCUT2D eigenvalue weighted by Crippen LogP contribution is 2.33. The lowest BCUT2D eigenvalue weighted by Gasteiger charge is -2.32. The maximum Gasteiger partial charge on any atom is 0.228 e. The van der Waals surface area contributed by atoms with Crippen molar-refractivity contribution < 1.29 is 4.79 Å². The first kappa shape index (κ1) is 15.0. The molecule has 0 fully saturated rings. The van der Waals surface area contributed by atoms with Crippen LogP contribution in [0.2, 0.25) is 0 Å². The Hall–Kier alpha value is -1.35. The lowest BCUT2D eigenvalue weighted by molar-refractivity contribution is -0.119. The van der Waals surface area contributed by atoms with Gasteiger partial charge >= 0.3 is 0 Å². The lowest BCUT2D eigenvalue weighted by atomic mass is 9.96. The van der Waals surface area contributed by atoms with Gasteiger partial charge in [0.1, 0.15) is 0 Å². The van der Waals surface area contributed by atoms with Gasteiger partial charge in [0.25, 0.3) is 0 Å². The highest BCUT2D eigenvalue weighted by molar-refractivity contribution is 5.96. The molecule has 1 atom stereocenters. The lowest BCUT2D eigenvalue weighted by Crippen LogP contribution is -2.38. The Labute approximate surface area is 122 Å². The number of nitrogens with one attached hydrogen (secondary N) is 1. The molecule has 0 aromatic heterocycles. The molecule has 1 aromatic carbocycles. The van der Waals surface area contributed by atoms with E-state index in [0.29, 0.717) is 6.42 Å². The molecule has 0 saturated carbocycles. The Kier molecular flexibility index (Phi) is 5.18. The zero-order valence-electron chi connectivity index (χ0n) is 12.9. The van der Waals surface area contributed by atoms with Crippen LogP contribution in [-0.2, 0) is 4.79 Å². The standard InChI is InChI=1S/C17H26N2O/c1-13(2)8-6-7-11-18-15-12-17(20)19(3)16-10-5-4-9-14(15)16/h4-5,9-10,13,15,18H,6-8,11-12H2,1-3H3. The summed E-state index contributed by atoms with van der Waals surface area (Å²) in [6.07, 6.45) is 4.29. The maximum absolute atomic E-state index is 12.0. The molecular weight excluding hydrogens is 248 g/mol. The maximum atomic E-state index is 12.0. The number of carbonyl (C=O) groups excluding carboxylic acids is 1. The third-order valence-electron chi connectivity index (χ3n) is 4.03. The second kappa shape index (κ2) is 6.89. The summed E-state index contributed by atoms with van der Waals surface area (Å²) in [5.74, 6) is 0.976. The molecule has 3 heteroatoms. The van der Waals surface area contributed by atoms with Crippen molar-refractivity contribution in [2.75, 3.05) is 18.5 Å². The van der Waals surface area contributed by atoms with E-state index in [9.17, 15) is 4.79 Å². The van der Waals surface area contributed by atoms with Crippen LogP contribution in [0.5, 0.6) is 0 Å². The first-order valence-corrected chi connectivity index (χ1v) is 7.68. The van der Waals surface area contributed by atoms with E-state index in [0.717, 1.165) is 18.2 Å². The third-order valence-corrected chi connectivity index (χ3v) is 4.03. The van der Waals surface area contributed by atoms with E-state index in [2.05, 4.69) is 31.3 Å². The predicted molar refractivity (Wildman–Crippen MR) is 83.9 cm³/mol. The number of para-hydroxylation sites is 1. The van der Waals surface area contributed by atoms with Gasteiger partial charge in [0.05, 0.1) is 0 Å². The summed E-state index contributed by atoms with van der Waals surface area (Å²) < 4.78 is 0. The van der Waals surface area contributed by atoms with Crippen LogP contribution < -0.4 is 10.2 Å². The van der Waals surface area contributed by atoms with Gasteiger partial charge in [-0.05, 0) is 30.5 Å². The third kappa shape index (κ3) is 3.60. The van der Waals surface area contributed by atoms with Gasteiger partial charge in [0, 0.05) is 25.2 Å². The fraction of sp³-hybridized carbons (Fsp3) is 0.588. The molecule has 0 spiro atoms. The molecule has 2 rings (SSSR count). The average molecular weight is 274 g/mol. The number of hydrogen-bond donors (Lipinski definition) is 1. The van der Waals surface area contributed by atoms with Gasteiger partial charge in [-0.1, -0.05) is 44.9 Å². The van der Waals surface area contributed by atoms with Crippen molar-refractivity contribution in [1.82, 2.24) is 5.32 Å². The van der Waals surface area contributed by atoms with Crippen molar-refractivity contribution in [1.29, 1.82) is 0 Å². The van der Waals surface area contributed by atoms with Crippen molar-refractivity contribution in [3.63, 3.8) is 0 Å². The summed E-state index contributed by atoms with van der Waals surface area (Å²) in [4.78, 5) is 13.8. The molecule has 110 valence electrons. The van der Waals surface area contributed by atoms with Crippen molar-refractivity contribution in [2.45, 2.75) is 45.6 Å². The average Bonchev–Trinajstić information content (AvgIpc) is 2.43. The smallest absolute Gasteiger partial charge is 0.228 e. The largest absolute Gasteiger partial charge is 0.315 e. The van der Waals surface area contributed by atoms with Crippen LogP contribution in [0.4, 0.5) is 5.69 Å². The van der Waals surface area contributed by atoms with Crippen LogP contribution in [0.25, 0.3) is 0 Å². The molecule has 1 unspecified atom stereocenters. The van der Waals surface area contributed by atoms with Gasteiger partial charge in [-0.3, -0.25) is 4.79 Å². The predicted octanol–water partition coefficient (Wildman–Crippen LogP) is 3.51. The Morgan fingerprint density at radius 1 is 1.30 bits per heavy atom. The zero-order valence-corrected chi connectivity index (χ0v) is 12.9. The summed E-state index contributed by atoms with van der Waals surface area (Å²) in [6.45, 7) is 5.52. The first-order valence-electron chi connectivity index (χ1n) is 7.68. The summed E-state index contributed by atoms with van der Waals surface area (Å²) in [6, 6.07) is 8.38. The molecule has 0 bridgehead atoms. The van der Waals surface area contributed by atoms with E-state index >= 15 is 0 Å². The molecule has 1 aliphatic rings. The Balaban J connectivity index is 1.92. The van der Waals surface area contributed by atoms with E-state index < -0.39 is 0 Å². The van der Waals surface area contributed by atoms with E-state index in [4.69, 9.17) is 0 Å². The number of nitrogens with zero attached hydrogens (tertiary/aromatic N) is 1. The SMILES string of the molecule is CC(C)CCCCNC1CC(=O)N(C)c2ccccc21. The Morgan fingerprint density at radius 3 is 2.80 bits per heavy atom. The first-order chi connectivity index (χ1) is 9.59. The van der Waals surface area contributed by atoms with Crippen molar-refractivity contribution in [3.05, 3.63) is 29.8 Å². The molecule has 1 N–H and O–H groups in total. The number of rotatable bonds is 6. The highest BCUT2D eigenvalue weighted by Gasteiger charge is 2.28. The second-order valence-corrected chi connectivity index (χ2v) is 6.11. The quantitative estimate of drug-likeness (QED) is 0.805. The number of unbranched alkanes of at least 4 members (excludes halogenated alkanes) is 1. The highest BCUT2D eigenvalue weighted by atomic mass is 16.2. The van der Waals surface area contributed by atoms with Gasteiger partial charge in [-0.25, -0.2) is 0 Å². The normalized spacial score (nSPS) is 18.5. The van der Waals surface area contributed by atoms with Gasteiger partial charge < -0.3 is 10.2 Å². The van der Waals surface area contributed by atoms with E-state index in [1.807, 2.05) is 19.2 Å². The number of benzene rings is 1. The molecule has 0 radical (unpaired) electrons. The summed E-state index contributed by atoms with van der Waals surface area (Å²) in [7, 11) is 1.86. The molecular formula is C17H26N2O. The monoisotopic (exact) mass is 274 g/mol. The molecule has 1 aromatic rings. The summed E-state index contributed by atoms with van der Waals surface area (Å²) >= 11 is 0. The zero-order chi connectivity index (χ0) is 14.5. The Bertz CT molecular complexity index is 456. The minimum absolute atomic E-state index is 0.175. The van der Waals surface area contributed by atoms with Gasteiger partial charge in [-0.2, -0.15) is 0 Å². The van der Waals surface area contributed by atoms with Crippen LogP contribution in [0.1, 0.15) is 51.1 Å². The van der Waals surface area contributed by atoms with Crippen molar-refractivity contribution in [2.24, 2.45) is 5.92 Å². The molecule has 1 heterocycles. The molecule has 0 aliphatic carbocycles. The van der Waals surface area contributed by atoms with Gasteiger partial charge in [0.15, 0.2) is 0 Å². The minimum Gasteiger partial charge on any atom is -0.315 e. The molecule has 20 heavy (non-hydrogen) atoms. The van der Waals surface area contributed by atoms with Crippen LogP contribution in [0, 0.1) is 5.92 Å². The van der Waals surface area contributed by atoms with Gasteiger partial charge in [0.2, 0.25) is 5.91 Å². The number of amides is 1. The molecule has 3 nitrogen and oxygen atoms in total. The van der Waals surface area contributed by atoms with Crippen LogP contribution in [0.15, 0.2) is 24.3 Å². The Morgan fingerprint density at radius 2 is 2.05 bits per heavy atom. The van der Waals surface area contributed by atoms with Crippen LogP contribution in [0.3, 0.4) is 0 Å². The topological polar surface area (TPSA) is 32.3 Å². The number of fused-ring (bicyclic) bond motifs is 1. The summed E-state index contributed by atoms with van der Waals surface area (Å²) in [5.41, 5.74) is 2.29. The fourth-order valence-electron chi connectivity index (χ4n) is 2.78. The molecule has 1 amide bonds. The number of hydrogen-bond acceptors (Lipinski definition) is 2. The minimum atomic E-state index is 0.175.